The second-order valence-electron chi connectivity index (χ2n) is 6.12. The predicted octanol–water partition coefficient (Wildman–Crippen LogP) is 1.59. The molecule has 0 aromatic heterocycles. The second kappa shape index (κ2) is 6.29. The van der Waals surface area contributed by atoms with Crippen LogP contribution < -0.4 is 5.73 Å². The van der Waals surface area contributed by atoms with E-state index in [0.717, 1.165) is 12.6 Å². The summed E-state index contributed by atoms with van der Waals surface area (Å²) in [7, 11) is 0. The van der Waals surface area contributed by atoms with Crippen LogP contribution in [-0.4, -0.2) is 64.9 Å². The average Bonchev–Trinajstić information content (AvgIpc) is 2.64. The molecule has 2 aliphatic rings. The first-order valence-electron chi connectivity index (χ1n) is 6.83. The van der Waals surface area contributed by atoms with Crippen molar-refractivity contribution in [1.82, 2.24) is 4.90 Å². The summed E-state index contributed by atoms with van der Waals surface area (Å²) in [5.41, 5.74) is 5.64. The highest BCUT2D eigenvalue weighted by atomic mass is 79.9. The topological polar surface area (TPSA) is 71.1 Å². The van der Waals surface area contributed by atoms with Gasteiger partial charge in [0.1, 0.15) is 11.7 Å². The van der Waals surface area contributed by atoms with E-state index in [-0.39, 0.29) is 17.2 Å². The molecule has 2 rings (SSSR count). The van der Waals surface area contributed by atoms with E-state index in [2.05, 4.69) is 47.1 Å². The number of hydrogen-bond donors (Lipinski definition) is 2. The predicted molar refractivity (Wildman–Crippen MR) is 94.5 cm³/mol. The second-order valence-corrected chi connectivity index (χ2v) is 11.5. The minimum Gasteiger partial charge on any atom is -0.389 e. The van der Waals surface area contributed by atoms with Crippen LogP contribution in [0.25, 0.3) is 0 Å². The molecule has 0 aliphatic carbocycles. The van der Waals surface area contributed by atoms with Crippen molar-refractivity contribution in [2.45, 2.75) is 29.7 Å². The summed E-state index contributed by atoms with van der Waals surface area (Å²) < 4.78 is 6.02. The van der Waals surface area contributed by atoms with E-state index >= 15 is 0 Å². The number of aliphatic imine (C=N–C) groups is 1. The van der Waals surface area contributed by atoms with Crippen molar-refractivity contribution in [1.29, 1.82) is 0 Å². The number of nitrogens with two attached hydrogens (primary N) is 1. The molecule has 118 valence electrons. The lowest BCUT2D eigenvalue weighted by Crippen LogP contribution is -2.38. The number of ether oxygens (including phenoxy) is 1. The molecule has 0 spiro atoms. The maximum absolute atomic E-state index is 10.4. The fraction of sp³-hybridized carbons (Fsp3) is 0.571. The molecule has 2 heterocycles. The molecule has 0 amide bonds. The quantitative estimate of drug-likeness (QED) is 0.578. The van der Waals surface area contributed by atoms with Crippen molar-refractivity contribution in [2.24, 2.45) is 10.7 Å². The van der Waals surface area contributed by atoms with Crippen molar-refractivity contribution in [3.05, 3.63) is 24.7 Å². The van der Waals surface area contributed by atoms with Crippen LogP contribution >= 0.6 is 22.8 Å². The summed E-state index contributed by atoms with van der Waals surface area (Å²) in [6.07, 6.45) is 8.37. The van der Waals surface area contributed by atoms with Crippen molar-refractivity contribution < 1.29 is 9.84 Å². The van der Waals surface area contributed by atoms with E-state index in [1.165, 1.54) is 0 Å². The first-order chi connectivity index (χ1) is 9.69. The van der Waals surface area contributed by atoms with E-state index in [1.807, 2.05) is 0 Å². The largest absolute Gasteiger partial charge is 0.389 e. The lowest BCUT2D eigenvalue weighted by atomic mass is 10.1. The van der Waals surface area contributed by atoms with Crippen molar-refractivity contribution >= 4 is 35.0 Å². The van der Waals surface area contributed by atoms with E-state index in [0.29, 0.717) is 11.7 Å². The summed E-state index contributed by atoms with van der Waals surface area (Å²) >= 11 is 3.53. The highest BCUT2D eigenvalue weighted by Gasteiger charge is 2.45. The standard InChI is InChI=1S/C14H23BrN3O2P/c1-9-17-11(16)5-7-18(9)14-12(15)13(19)10(20-14)6-8-21(2,3)4/h5,7,10,12-14,19H,1-2,6,8H2,3-4H3,(H2,16,17)/t10?,12-,13-,14?/m1/s1. The number of alkyl halides is 1. The van der Waals surface area contributed by atoms with Gasteiger partial charge in [-0.05, 0) is 32.0 Å². The molecule has 7 heteroatoms. The molecule has 5 nitrogen and oxygen atoms in total. The van der Waals surface area contributed by atoms with Crippen molar-refractivity contribution in [3.8, 4) is 0 Å². The van der Waals surface area contributed by atoms with Gasteiger partial charge in [0, 0.05) is 6.20 Å². The molecule has 21 heavy (non-hydrogen) atoms. The van der Waals surface area contributed by atoms with Gasteiger partial charge in [-0.1, -0.05) is 22.5 Å². The van der Waals surface area contributed by atoms with Crippen LogP contribution in [0.4, 0.5) is 0 Å². The van der Waals surface area contributed by atoms with Crippen molar-refractivity contribution in [2.75, 3.05) is 19.5 Å². The minimum absolute atomic E-state index is 0.204. The van der Waals surface area contributed by atoms with E-state index in [1.54, 1.807) is 17.2 Å². The molecule has 1 fully saturated rings. The summed E-state index contributed by atoms with van der Waals surface area (Å²) in [4.78, 5) is 5.72. The molecule has 0 aromatic rings. The molecule has 2 aliphatic heterocycles. The Kier molecular flexibility index (Phi) is 5.03. The molecular formula is C14H23BrN3O2P. The molecule has 4 atom stereocenters. The average molecular weight is 376 g/mol. The zero-order chi connectivity index (χ0) is 15.8. The molecule has 0 saturated carbocycles. The van der Waals surface area contributed by atoms with Gasteiger partial charge in [-0.15, -0.1) is 13.2 Å². The highest BCUT2D eigenvalue weighted by molar-refractivity contribution is 9.09. The lowest BCUT2D eigenvalue weighted by Gasteiger charge is -2.30. The van der Waals surface area contributed by atoms with Gasteiger partial charge in [0.25, 0.3) is 0 Å². The number of aliphatic hydroxyl groups is 1. The van der Waals surface area contributed by atoms with Gasteiger partial charge in [0.15, 0.2) is 6.23 Å². The minimum atomic E-state index is -1.13. The highest BCUT2D eigenvalue weighted by Crippen LogP contribution is 2.40. The molecule has 2 unspecified atom stereocenters. The van der Waals surface area contributed by atoms with Gasteiger partial charge in [0.2, 0.25) is 0 Å². The SMILES string of the molecule is C=C1N=C(N)C=CN1C1OC(CCP(=C)(C)C)[C@@H](O)[C@H]1Br. The third kappa shape index (κ3) is 4.01. The first kappa shape index (κ1) is 16.8. The van der Waals surface area contributed by atoms with Gasteiger partial charge in [-0.25, -0.2) is 4.99 Å². The molecule has 0 bridgehead atoms. The molecule has 0 radical (unpaired) electrons. The Morgan fingerprint density at radius 2 is 2.24 bits per heavy atom. The zero-order valence-electron chi connectivity index (χ0n) is 12.4. The Morgan fingerprint density at radius 3 is 2.81 bits per heavy atom. The lowest BCUT2D eigenvalue weighted by molar-refractivity contribution is -0.0345. The third-order valence-corrected chi connectivity index (χ3v) is 6.01. The fourth-order valence-electron chi connectivity index (χ4n) is 2.36. The summed E-state index contributed by atoms with van der Waals surface area (Å²) in [5.74, 6) is 0.934. The van der Waals surface area contributed by atoms with Crippen LogP contribution in [-0.2, 0) is 4.74 Å². The van der Waals surface area contributed by atoms with Gasteiger partial charge < -0.3 is 20.5 Å². The Balaban J connectivity index is 2.05. The first-order valence-corrected chi connectivity index (χ1v) is 10.8. The van der Waals surface area contributed by atoms with Crippen LogP contribution in [0.2, 0.25) is 0 Å². The smallest absolute Gasteiger partial charge is 0.150 e. The van der Waals surface area contributed by atoms with Crippen LogP contribution in [0.3, 0.4) is 0 Å². The number of nitrogens with zero attached hydrogens (tertiary/aromatic N) is 2. The summed E-state index contributed by atoms with van der Waals surface area (Å²) in [5, 5.41) is 10.4. The van der Waals surface area contributed by atoms with Gasteiger partial charge in [-0.3, -0.25) is 0 Å². The Bertz CT molecular complexity index is 528. The normalized spacial score (nSPS) is 33.4. The Hall–Kier alpha value is -0.550. The number of amidine groups is 1. The Morgan fingerprint density at radius 1 is 1.57 bits per heavy atom. The Labute approximate surface area is 134 Å². The van der Waals surface area contributed by atoms with E-state index in [9.17, 15) is 5.11 Å². The molecular weight excluding hydrogens is 353 g/mol. The zero-order valence-corrected chi connectivity index (χ0v) is 14.9. The monoisotopic (exact) mass is 375 g/mol. The van der Waals surface area contributed by atoms with Crippen LogP contribution in [0.15, 0.2) is 29.7 Å². The van der Waals surface area contributed by atoms with Crippen LogP contribution in [0.5, 0.6) is 0 Å². The summed E-state index contributed by atoms with van der Waals surface area (Å²) in [6.45, 7) is 7.12. The summed E-state index contributed by atoms with van der Waals surface area (Å²) in [6, 6.07) is 0. The number of rotatable bonds is 4. The number of aliphatic hydroxyl groups excluding tert-OH is 1. The van der Waals surface area contributed by atoms with Crippen molar-refractivity contribution in [3.63, 3.8) is 0 Å². The van der Waals surface area contributed by atoms with Gasteiger partial charge in [0.05, 0.1) is 17.0 Å². The molecule has 0 aromatic carbocycles. The number of halogens is 1. The number of hydrogen-bond acceptors (Lipinski definition) is 5. The molecule has 3 N–H and O–H groups in total. The fourth-order valence-corrected chi connectivity index (χ4v) is 4.03. The maximum Gasteiger partial charge on any atom is 0.150 e. The van der Waals surface area contributed by atoms with Gasteiger partial charge >= 0.3 is 0 Å². The van der Waals surface area contributed by atoms with E-state index in [4.69, 9.17) is 10.5 Å². The van der Waals surface area contributed by atoms with E-state index < -0.39 is 13.0 Å². The maximum atomic E-state index is 10.4. The molecule has 1 saturated heterocycles. The van der Waals surface area contributed by atoms with Crippen LogP contribution in [0.1, 0.15) is 6.42 Å². The van der Waals surface area contributed by atoms with Crippen LogP contribution in [0, 0.1) is 0 Å². The third-order valence-electron chi connectivity index (χ3n) is 3.55. The van der Waals surface area contributed by atoms with Gasteiger partial charge in [-0.2, -0.15) is 0 Å².